The van der Waals surface area contributed by atoms with Gasteiger partial charge in [0.05, 0.1) is 17.5 Å². The van der Waals surface area contributed by atoms with Gasteiger partial charge in [-0.15, -0.1) is 0 Å². The molecule has 1 aromatic rings. The van der Waals surface area contributed by atoms with Gasteiger partial charge in [-0.1, -0.05) is 0 Å². The number of anilines is 1. The van der Waals surface area contributed by atoms with Gasteiger partial charge in [0.25, 0.3) is 0 Å². The largest absolute Gasteiger partial charge is 0.488 e. The zero-order chi connectivity index (χ0) is 15.5. The Labute approximate surface area is 124 Å². The molecule has 0 saturated heterocycles. The van der Waals surface area contributed by atoms with Crippen molar-refractivity contribution >= 4 is 15.7 Å². The lowest BCUT2D eigenvalue weighted by Gasteiger charge is -2.29. The summed E-state index contributed by atoms with van der Waals surface area (Å²) in [6.07, 6.45) is 3.98. The first-order valence-corrected chi connectivity index (χ1v) is 8.77. The maximum Gasteiger partial charge on any atom is 0.209 e. The van der Waals surface area contributed by atoms with E-state index in [4.69, 9.17) is 15.6 Å². The minimum atomic E-state index is -3.39. The summed E-state index contributed by atoms with van der Waals surface area (Å²) in [6, 6.07) is 4.08. The van der Waals surface area contributed by atoms with Gasteiger partial charge in [-0.3, -0.25) is 0 Å². The van der Waals surface area contributed by atoms with Crippen LogP contribution in [0.2, 0.25) is 0 Å². The first-order chi connectivity index (χ1) is 9.83. The van der Waals surface area contributed by atoms with E-state index in [2.05, 4.69) is 0 Å². The topological polar surface area (TPSA) is 95.4 Å². The zero-order valence-electron chi connectivity index (χ0n) is 11.8. The molecule has 1 aliphatic carbocycles. The summed E-state index contributed by atoms with van der Waals surface area (Å²) in [7, 11) is -3.39. The van der Waals surface area contributed by atoms with E-state index < -0.39 is 10.0 Å². The number of primary sulfonamides is 1. The van der Waals surface area contributed by atoms with Crippen molar-refractivity contribution < 1.29 is 17.5 Å². The quantitative estimate of drug-likeness (QED) is 0.812. The molecule has 0 spiro atoms. The second kappa shape index (κ2) is 6.62. The van der Waals surface area contributed by atoms with Crippen molar-refractivity contribution in [3.8, 4) is 5.75 Å². The summed E-state index contributed by atoms with van der Waals surface area (Å²) in [5.74, 6) is 0.386. The van der Waals surface area contributed by atoms with Gasteiger partial charge >= 0.3 is 0 Å². The highest BCUT2D eigenvalue weighted by Gasteiger charge is 2.23. The molecular formula is C14H21FN2O3S. The molecule has 5 nitrogen and oxygen atoms in total. The third-order valence-electron chi connectivity index (χ3n) is 3.87. The van der Waals surface area contributed by atoms with E-state index in [0.29, 0.717) is 23.8 Å². The summed E-state index contributed by atoms with van der Waals surface area (Å²) >= 11 is 0. The monoisotopic (exact) mass is 316 g/mol. The maximum atomic E-state index is 13.2. The summed E-state index contributed by atoms with van der Waals surface area (Å²) in [5, 5.41) is 5.01. The molecule has 1 aliphatic rings. The number of hydrogen-bond acceptors (Lipinski definition) is 4. The number of halogens is 1. The Bertz CT molecular complexity index is 584. The number of nitrogen functional groups attached to an aromatic ring is 1. The van der Waals surface area contributed by atoms with E-state index in [0.717, 1.165) is 25.7 Å². The van der Waals surface area contributed by atoms with Gasteiger partial charge in [-0.25, -0.2) is 17.9 Å². The molecule has 21 heavy (non-hydrogen) atoms. The molecule has 0 aromatic heterocycles. The van der Waals surface area contributed by atoms with Crippen LogP contribution in [-0.4, -0.2) is 20.3 Å². The fourth-order valence-corrected chi connectivity index (χ4v) is 3.32. The van der Waals surface area contributed by atoms with E-state index in [1.165, 1.54) is 18.2 Å². The zero-order valence-corrected chi connectivity index (χ0v) is 12.6. The molecule has 0 aliphatic heterocycles. The summed E-state index contributed by atoms with van der Waals surface area (Å²) in [5.41, 5.74) is 6.18. The highest BCUT2D eigenvalue weighted by atomic mass is 32.2. The molecule has 1 saturated carbocycles. The van der Waals surface area contributed by atoms with Crippen molar-refractivity contribution in [2.24, 2.45) is 11.1 Å². The maximum absolute atomic E-state index is 13.2. The molecule has 0 bridgehead atoms. The van der Waals surface area contributed by atoms with Crippen molar-refractivity contribution in [3.63, 3.8) is 0 Å². The van der Waals surface area contributed by atoms with Gasteiger partial charge in [0.2, 0.25) is 10.0 Å². The van der Waals surface area contributed by atoms with Crippen molar-refractivity contribution in [2.45, 2.75) is 38.2 Å². The number of sulfonamides is 1. The summed E-state index contributed by atoms with van der Waals surface area (Å²) in [6.45, 7) is 0. The number of rotatable bonds is 5. The molecule has 4 N–H and O–H groups in total. The van der Waals surface area contributed by atoms with Crippen LogP contribution >= 0.6 is 0 Å². The van der Waals surface area contributed by atoms with Gasteiger partial charge in [0.15, 0.2) is 0 Å². The molecule has 1 aromatic carbocycles. The number of ether oxygens (including phenoxy) is 1. The smallest absolute Gasteiger partial charge is 0.209 e. The molecule has 118 valence electrons. The molecule has 0 amide bonds. The lowest BCUT2D eigenvalue weighted by Crippen LogP contribution is -2.26. The normalized spacial score (nSPS) is 23.0. The van der Waals surface area contributed by atoms with Crippen LogP contribution < -0.4 is 15.6 Å². The third kappa shape index (κ3) is 5.17. The molecule has 7 heteroatoms. The van der Waals surface area contributed by atoms with Crippen molar-refractivity contribution in [1.82, 2.24) is 0 Å². The Morgan fingerprint density at radius 2 is 1.90 bits per heavy atom. The number of nitrogens with two attached hydrogens (primary N) is 2. The Balaban J connectivity index is 1.83. The first-order valence-electron chi connectivity index (χ1n) is 7.05. The van der Waals surface area contributed by atoms with Crippen LogP contribution in [0.15, 0.2) is 18.2 Å². The SMILES string of the molecule is Nc1ccc(F)cc1OC1CCC(CCS(N)(=O)=O)CC1. The van der Waals surface area contributed by atoms with Gasteiger partial charge < -0.3 is 10.5 Å². The Kier molecular flexibility index (Phi) is 5.05. The van der Waals surface area contributed by atoms with Crippen molar-refractivity contribution in [2.75, 3.05) is 11.5 Å². The van der Waals surface area contributed by atoms with E-state index in [1.807, 2.05) is 0 Å². The van der Waals surface area contributed by atoms with Crippen LogP contribution in [0.5, 0.6) is 5.75 Å². The third-order valence-corrected chi connectivity index (χ3v) is 4.68. The average Bonchev–Trinajstić information content (AvgIpc) is 2.41. The van der Waals surface area contributed by atoms with Gasteiger partial charge in [0.1, 0.15) is 11.6 Å². The standard InChI is InChI=1S/C14H21FN2O3S/c15-11-3-6-13(16)14(9-11)20-12-4-1-10(2-5-12)7-8-21(17,18)19/h3,6,9-10,12H,1-2,4-5,7-8,16H2,(H2,17,18,19). The average molecular weight is 316 g/mol. The van der Waals surface area contributed by atoms with Gasteiger partial charge in [-0.2, -0.15) is 0 Å². The Hall–Kier alpha value is -1.34. The molecule has 0 unspecified atom stereocenters. The number of benzene rings is 1. The first kappa shape index (κ1) is 16.0. The Morgan fingerprint density at radius 1 is 1.24 bits per heavy atom. The van der Waals surface area contributed by atoms with Crippen LogP contribution in [0.3, 0.4) is 0 Å². The van der Waals surface area contributed by atoms with E-state index in [9.17, 15) is 12.8 Å². The Morgan fingerprint density at radius 3 is 2.52 bits per heavy atom. The lowest BCUT2D eigenvalue weighted by molar-refractivity contribution is 0.130. The highest BCUT2D eigenvalue weighted by Crippen LogP contribution is 2.31. The van der Waals surface area contributed by atoms with E-state index in [-0.39, 0.29) is 17.7 Å². The minimum absolute atomic E-state index is 0.000154. The van der Waals surface area contributed by atoms with Crippen LogP contribution in [0, 0.1) is 11.7 Å². The second-order valence-corrected chi connectivity index (χ2v) is 7.33. The predicted molar refractivity (Wildman–Crippen MR) is 79.8 cm³/mol. The van der Waals surface area contributed by atoms with Gasteiger partial charge in [0, 0.05) is 6.07 Å². The van der Waals surface area contributed by atoms with Crippen molar-refractivity contribution in [3.05, 3.63) is 24.0 Å². The lowest BCUT2D eigenvalue weighted by atomic mass is 9.86. The summed E-state index contributed by atoms with van der Waals surface area (Å²) in [4.78, 5) is 0. The van der Waals surface area contributed by atoms with Crippen LogP contribution in [-0.2, 0) is 10.0 Å². The fraction of sp³-hybridized carbons (Fsp3) is 0.571. The molecule has 0 radical (unpaired) electrons. The number of hydrogen-bond donors (Lipinski definition) is 2. The van der Waals surface area contributed by atoms with Crippen LogP contribution in [0.4, 0.5) is 10.1 Å². The van der Waals surface area contributed by atoms with Crippen molar-refractivity contribution in [1.29, 1.82) is 0 Å². The summed E-state index contributed by atoms with van der Waals surface area (Å²) < 4.78 is 40.8. The highest BCUT2D eigenvalue weighted by molar-refractivity contribution is 7.89. The van der Waals surface area contributed by atoms with Crippen LogP contribution in [0.25, 0.3) is 0 Å². The molecule has 2 rings (SSSR count). The second-order valence-electron chi connectivity index (χ2n) is 5.60. The van der Waals surface area contributed by atoms with Gasteiger partial charge in [-0.05, 0) is 50.2 Å². The molecular weight excluding hydrogens is 295 g/mol. The molecule has 0 atom stereocenters. The van der Waals surface area contributed by atoms with E-state index >= 15 is 0 Å². The fourth-order valence-electron chi connectivity index (χ4n) is 2.66. The predicted octanol–water partition coefficient (Wildman–Crippen LogP) is 2.02. The minimum Gasteiger partial charge on any atom is -0.488 e. The van der Waals surface area contributed by atoms with Crippen LogP contribution in [0.1, 0.15) is 32.1 Å². The van der Waals surface area contributed by atoms with E-state index in [1.54, 1.807) is 0 Å². The molecule has 0 heterocycles. The molecule has 1 fully saturated rings.